The summed E-state index contributed by atoms with van der Waals surface area (Å²) in [6.45, 7) is 19.2. The molecule has 0 bridgehead atoms. The fraction of sp³-hybridized carbons (Fsp3) is 0.419. The Hall–Kier alpha value is -2.54. The lowest BCUT2D eigenvalue weighted by molar-refractivity contribution is 0.547. The first kappa shape index (κ1) is 20.1. The van der Waals surface area contributed by atoms with Crippen molar-refractivity contribution >= 4 is 11.4 Å². The molecule has 3 aromatic rings. The van der Waals surface area contributed by atoms with Gasteiger partial charge in [0.15, 0.2) is 0 Å². The third-order valence-corrected chi connectivity index (χ3v) is 6.81. The molecule has 1 nitrogen and oxygen atoms in total. The largest absolute Gasteiger partial charge is 0.335 e. The number of benzene rings is 3. The van der Waals surface area contributed by atoms with Crippen molar-refractivity contribution in [1.29, 1.82) is 0 Å². The number of nitrogens with zero attached hydrogens (tertiary/aromatic N) is 1. The second-order valence-corrected chi connectivity index (χ2v) is 11.1. The quantitative estimate of drug-likeness (QED) is 0.401. The molecule has 0 atom stereocenters. The highest BCUT2D eigenvalue weighted by Gasteiger charge is 2.41. The Morgan fingerprint density at radius 1 is 0.750 bits per heavy atom. The van der Waals surface area contributed by atoms with Crippen LogP contribution in [0.5, 0.6) is 0 Å². The van der Waals surface area contributed by atoms with Gasteiger partial charge in [-0.25, -0.2) is 0 Å². The van der Waals surface area contributed by atoms with E-state index in [9.17, 15) is 0 Å². The van der Waals surface area contributed by atoms with Gasteiger partial charge in [0.1, 0.15) is 0 Å². The fourth-order valence-electron chi connectivity index (χ4n) is 5.39. The first-order valence-electron chi connectivity index (χ1n) is 12.7. The first-order valence-corrected chi connectivity index (χ1v) is 11.7. The molecule has 0 heterocycles. The summed E-state index contributed by atoms with van der Waals surface area (Å²) in [6.07, 6.45) is 0. The Bertz CT molecular complexity index is 1230. The Labute approximate surface area is 198 Å². The molecule has 0 spiro atoms. The van der Waals surface area contributed by atoms with Crippen LogP contribution in [0.3, 0.4) is 0 Å². The van der Waals surface area contributed by atoms with E-state index < -0.39 is 11.8 Å². The van der Waals surface area contributed by atoms with Gasteiger partial charge in [-0.05, 0) is 72.0 Å². The molecular weight excluding hydrogens is 386 g/mol. The fourth-order valence-corrected chi connectivity index (χ4v) is 5.39. The zero-order valence-corrected chi connectivity index (χ0v) is 21.2. The van der Waals surface area contributed by atoms with Crippen LogP contribution in [0.4, 0.5) is 11.4 Å². The highest BCUT2D eigenvalue weighted by Crippen LogP contribution is 2.56. The Morgan fingerprint density at radius 3 is 1.97 bits per heavy atom. The van der Waals surface area contributed by atoms with Crippen molar-refractivity contribution in [2.45, 2.75) is 85.1 Å². The predicted molar refractivity (Wildman–Crippen MR) is 141 cm³/mol. The smallest absolute Gasteiger partial charge is 0.0498 e. The van der Waals surface area contributed by atoms with Crippen LogP contribution in [-0.4, -0.2) is 5.54 Å². The minimum absolute atomic E-state index is 0.211. The van der Waals surface area contributed by atoms with Crippen molar-refractivity contribution in [1.82, 2.24) is 0 Å². The molecule has 0 amide bonds. The summed E-state index contributed by atoms with van der Waals surface area (Å²) in [5, 5.41) is 0. The van der Waals surface area contributed by atoms with Gasteiger partial charge in [0.25, 0.3) is 0 Å². The van der Waals surface area contributed by atoms with E-state index in [2.05, 4.69) is 94.1 Å². The Balaban J connectivity index is 2.18. The molecule has 0 radical (unpaired) electrons. The van der Waals surface area contributed by atoms with Crippen LogP contribution < -0.4 is 4.90 Å². The van der Waals surface area contributed by atoms with E-state index in [0.29, 0.717) is 0 Å². The maximum Gasteiger partial charge on any atom is 0.0498 e. The summed E-state index contributed by atoms with van der Waals surface area (Å²) in [4.78, 5) is 2.41. The van der Waals surface area contributed by atoms with Gasteiger partial charge in [0.2, 0.25) is 0 Å². The molecule has 1 aliphatic rings. The van der Waals surface area contributed by atoms with E-state index in [1.54, 1.807) is 0 Å². The third kappa shape index (κ3) is 3.47. The molecule has 1 aliphatic carbocycles. The molecule has 0 saturated heterocycles. The van der Waals surface area contributed by atoms with Gasteiger partial charge in [-0.2, -0.15) is 0 Å². The van der Waals surface area contributed by atoms with Crippen molar-refractivity contribution < 1.29 is 2.74 Å². The SMILES string of the molecule is [2H]C(C)(C)c1ccccc1N(c1c(C([2H])(C)C)ccc2c1C(C)(C)c1ccccc1-2)C(C)(C)C. The molecular formula is C31H39N. The predicted octanol–water partition coefficient (Wildman–Crippen LogP) is 9.18. The zero-order valence-electron chi connectivity index (χ0n) is 23.2. The topological polar surface area (TPSA) is 3.24 Å². The number of para-hydroxylation sites is 1. The van der Waals surface area contributed by atoms with Crippen LogP contribution >= 0.6 is 0 Å². The lowest BCUT2D eigenvalue weighted by Gasteiger charge is -2.43. The molecule has 0 aliphatic heterocycles. The van der Waals surface area contributed by atoms with Crippen molar-refractivity contribution in [3.8, 4) is 11.1 Å². The van der Waals surface area contributed by atoms with Gasteiger partial charge in [0.05, 0.1) is 0 Å². The van der Waals surface area contributed by atoms with E-state index >= 15 is 0 Å². The van der Waals surface area contributed by atoms with Crippen molar-refractivity contribution in [2.75, 3.05) is 4.90 Å². The van der Waals surface area contributed by atoms with Gasteiger partial charge >= 0.3 is 0 Å². The average Bonchev–Trinajstić information content (AvgIpc) is 2.94. The van der Waals surface area contributed by atoms with Gasteiger partial charge < -0.3 is 4.90 Å². The van der Waals surface area contributed by atoms with Crippen LogP contribution in [0.1, 0.15) is 99.1 Å². The summed E-state index contributed by atoms with van der Waals surface area (Å²) >= 11 is 0. The number of fused-ring (bicyclic) bond motifs is 3. The molecule has 0 fully saturated rings. The van der Waals surface area contributed by atoms with Crippen molar-refractivity contribution in [3.63, 3.8) is 0 Å². The zero-order chi connectivity index (χ0) is 25.3. The van der Waals surface area contributed by atoms with E-state index in [1.165, 1.54) is 22.3 Å². The summed E-state index contributed by atoms with van der Waals surface area (Å²) in [6, 6.07) is 21.4. The molecule has 32 heavy (non-hydrogen) atoms. The van der Waals surface area contributed by atoms with Crippen LogP contribution in [0, 0.1) is 0 Å². The first-order chi connectivity index (χ1) is 15.6. The highest BCUT2D eigenvalue weighted by molar-refractivity contribution is 5.90. The average molecular weight is 428 g/mol. The number of rotatable bonds is 4. The monoisotopic (exact) mass is 427 g/mol. The van der Waals surface area contributed by atoms with Gasteiger partial charge in [-0.3, -0.25) is 0 Å². The maximum atomic E-state index is 9.14. The van der Waals surface area contributed by atoms with Crippen LogP contribution in [0.25, 0.3) is 11.1 Å². The number of hydrogen-bond donors (Lipinski definition) is 0. The van der Waals surface area contributed by atoms with E-state index in [1.807, 2.05) is 33.8 Å². The van der Waals surface area contributed by atoms with Crippen LogP contribution in [0.15, 0.2) is 60.7 Å². The van der Waals surface area contributed by atoms with E-state index in [4.69, 9.17) is 2.74 Å². The molecule has 4 rings (SSSR count). The Kier molecular flexibility index (Phi) is 4.90. The highest BCUT2D eigenvalue weighted by atomic mass is 15.2. The lowest BCUT2D eigenvalue weighted by atomic mass is 9.78. The second-order valence-electron chi connectivity index (χ2n) is 11.1. The van der Waals surface area contributed by atoms with E-state index in [0.717, 1.165) is 22.5 Å². The summed E-state index contributed by atoms with van der Waals surface area (Å²) < 4.78 is 18.1. The maximum absolute atomic E-state index is 9.14. The molecule has 0 N–H and O–H groups in total. The molecule has 0 aromatic heterocycles. The third-order valence-electron chi connectivity index (χ3n) is 6.81. The number of hydrogen-bond acceptors (Lipinski definition) is 1. The molecule has 0 unspecified atom stereocenters. The van der Waals surface area contributed by atoms with Gasteiger partial charge in [0, 0.05) is 25.1 Å². The van der Waals surface area contributed by atoms with Gasteiger partial charge in [-0.1, -0.05) is 96.1 Å². The van der Waals surface area contributed by atoms with Crippen molar-refractivity contribution in [2.24, 2.45) is 0 Å². The lowest BCUT2D eigenvalue weighted by Crippen LogP contribution is -2.40. The minimum atomic E-state index is -0.788. The number of anilines is 2. The minimum Gasteiger partial charge on any atom is -0.335 e. The molecule has 1 heteroatoms. The molecule has 0 saturated carbocycles. The molecule has 168 valence electrons. The summed E-state index contributed by atoms with van der Waals surface area (Å²) in [5.74, 6) is -1.54. The van der Waals surface area contributed by atoms with Crippen LogP contribution in [0.2, 0.25) is 0 Å². The normalized spacial score (nSPS) is 16.2. The Morgan fingerprint density at radius 2 is 1.34 bits per heavy atom. The summed E-state index contributed by atoms with van der Waals surface area (Å²) in [5.41, 5.74) is 8.81. The van der Waals surface area contributed by atoms with Crippen molar-refractivity contribution in [3.05, 3.63) is 82.9 Å². The summed E-state index contributed by atoms with van der Waals surface area (Å²) in [7, 11) is 0. The van der Waals surface area contributed by atoms with Crippen LogP contribution in [-0.2, 0) is 5.41 Å². The second kappa shape index (κ2) is 7.80. The standard InChI is InChI=1S/C31H39N/c1-20(2)22-14-11-13-17-27(22)32(30(5,6)7)29-23(21(3)4)18-19-25-24-15-10-12-16-26(24)31(8,9)28(25)29/h10-21H,1-9H3/i20D,21D. The van der Waals surface area contributed by atoms with Gasteiger partial charge in [-0.15, -0.1) is 0 Å². The molecule has 3 aromatic carbocycles. The van der Waals surface area contributed by atoms with E-state index in [-0.39, 0.29) is 11.0 Å².